The molecule has 0 spiro atoms. The van der Waals surface area contributed by atoms with Crippen molar-refractivity contribution in [3.63, 3.8) is 0 Å². The summed E-state index contributed by atoms with van der Waals surface area (Å²) in [5.41, 5.74) is 3.03. The maximum Gasteiger partial charge on any atom is 0.254 e. The maximum absolute atomic E-state index is 12.2. The zero-order valence-corrected chi connectivity index (χ0v) is 15.1. The van der Waals surface area contributed by atoms with Gasteiger partial charge in [0.25, 0.3) is 11.8 Å². The minimum absolute atomic E-state index is 0.222. The van der Waals surface area contributed by atoms with Crippen molar-refractivity contribution in [2.75, 3.05) is 13.6 Å². The lowest BCUT2D eigenvalue weighted by atomic mass is 10.1. The van der Waals surface area contributed by atoms with E-state index in [0.29, 0.717) is 41.3 Å². The van der Waals surface area contributed by atoms with Crippen LogP contribution < -0.4 is 10.6 Å². The number of rotatable bonds is 6. The van der Waals surface area contributed by atoms with Gasteiger partial charge in [-0.25, -0.2) is 9.97 Å². The number of hydrogen-bond donors (Lipinski definition) is 3. The molecular weight excluding hydrogens is 344 g/mol. The van der Waals surface area contributed by atoms with E-state index in [2.05, 4.69) is 30.8 Å². The number of nitrogens with zero attached hydrogens (tertiary/aromatic N) is 3. The summed E-state index contributed by atoms with van der Waals surface area (Å²) >= 11 is 0. The molecule has 0 aliphatic rings. The Hall–Kier alpha value is -3.55. The number of amides is 2. The zero-order valence-electron chi connectivity index (χ0n) is 15.1. The second kappa shape index (κ2) is 8.22. The Morgan fingerprint density at radius 1 is 1.07 bits per heavy atom. The number of H-pyrrole nitrogens is 1. The van der Waals surface area contributed by atoms with E-state index in [-0.39, 0.29) is 11.8 Å². The average molecular weight is 364 g/mol. The van der Waals surface area contributed by atoms with Gasteiger partial charge in [-0.3, -0.25) is 14.7 Å². The van der Waals surface area contributed by atoms with Gasteiger partial charge in [0.1, 0.15) is 0 Å². The lowest BCUT2D eigenvalue weighted by Crippen LogP contribution is -2.28. The molecule has 3 rings (SSSR count). The molecule has 8 nitrogen and oxygen atoms in total. The zero-order chi connectivity index (χ0) is 19.2. The molecule has 138 valence electrons. The Kier molecular flexibility index (Phi) is 5.55. The third-order valence-corrected chi connectivity index (χ3v) is 4.09. The molecule has 0 saturated carbocycles. The predicted molar refractivity (Wildman–Crippen MR) is 100 cm³/mol. The molecule has 1 aromatic carbocycles. The van der Waals surface area contributed by atoms with Gasteiger partial charge in [0.15, 0.2) is 5.82 Å². The van der Waals surface area contributed by atoms with E-state index in [4.69, 9.17) is 0 Å². The van der Waals surface area contributed by atoms with Crippen LogP contribution in [0.5, 0.6) is 0 Å². The van der Waals surface area contributed by atoms with Crippen molar-refractivity contribution in [2.45, 2.75) is 13.3 Å². The number of aromatic nitrogens is 4. The van der Waals surface area contributed by atoms with Gasteiger partial charge < -0.3 is 10.6 Å². The molecule has 2 aromatic heterocycles. The molecule has 0 radical (unpaired) electrons. The van der Waals surface area contributed by atoms with Crippen molar-refractivity contribution in [3.05, 3.63) is 65.2 Å². The topological polar surface area (TPSA) is 113 Å². The van der Waals surface area contributed by atoms with Crippen molar-refractivity contribution >= 4 is 11.8 Å². The van der Waals surface area contributed by atoms with E-state index in [1.165, 1.54) is 12.4 Å². The summed E-state index contributed by atoms with van der Waals surface area (Å²) < 4.78 is 0. The third kappa shape index (κ3) is 4.17. The lowest BCUT2D eigenvalue weighted by Gasteiger charge is -2.10. The first kappa shape index (κ1) is 18.2. The van der Waals surface area contributed by atoms with Crippen LogP contribution in [0, 0.1) is 6.92 Å². The van der Waals surface area contributed by atoms with Crippen LogP contribution in [0.2, 0.25) is 0 Å². The fourth-order valence-corrected chi connectivity index (χ4v) is 2.63. The minimum atomic E-state index is -0.262. The Labute approximate surface area is 156 Å². The fourth-order valence-electron chi connectivity index (χ4n) is 2.63. The van der Waals surface area contributed by atoms with Gasteiger partial charge in [-0.2, -0.15) is 5.10 Å². The number of nitrogens with one attached hydrogen (secondary N) is 3. The number of carbonyl (C=O) groups is 2. The summed E-state index contributed by atoms with van der Waals surface area (Å²) in [5, 5.41) is 12.0. The lowest BCUT2D eigenvalue weighted by molar-refractivity contribution is 0.0951. The molecule has 3 N–H and O–H groups in total. The third-order valence-electron chi connectivity index (χ3n) is 4.09. The number of hydrogen-bond acceptors (Lipinski definition) is 5. The standard InChI is InChI=1S/C19H20N6O2/c1-12-14(11-23-25-12)19(27)21-9-8-16-15(18(26)20-2)10-22-17(24-16)13-6-4-3-5-7-13/h3-7,10-11H,8-9H2,1-2H3,(H,20,26)(H,21,27)(H,23,25). The molecule has 0 unspecified atom stereocenters. The van der Waals surface area contributed by atoms with E-state index in [9.17, 15) is 9.59 Å². The van der Waals surface area contributed by atoms with Crippen LogP contribution in [0.15, 0.2) is 42.7 Å². The minimum Gasteiger partial charge on any atom is -0.355 e. The van der Waals surface area contributed by atoms with E-state index in [0.717, 1.165) is 5.56 Å². The van der Waals surface area contributed by atoms with Gasteiger partial charge in [-0.15, -0.1) is 0 Å². The van der Waals surface area contributed by atoms with Crippen molar-refractivity contribution in [1.29, 1.82) is 0 Å². The highest BCUT2D eigenvalue weighted by atomic mass is 16.2. The molecule has 0 atom stereocenters. The first-order valence-corrected chi connectivity index (χ1v) is 8.51. The monoisotopic (exact) mass is 364 g/mol. The van der Waals surface area contributed by atoms with Gasteiger partial charge in [0.2, 0.25) is 0 Å². The van der Waals surface area contributed by atoms with Crippen LogP contribution >= 0.6 is 0 Å². The summed E-state index contributed by atoms with van der Waals surface area (Å²) in [5.74, 6) is 0.0527. The molecule has 0 saturated heterocycles. The summed E-state index contributed by atoms with van der Waals surface area (Å²) in [4.78, 5) is 33.2. The summed E-state index contributed by atoms with van der Waals surface area (Å²) in [7, 11) is 1.56. The second-order valence-corrected chi connectivity index (χ2v) is 5.91. The first-order chi connectivity index (χ1) is 13.1. The van der Waals surface area contributed by atoms with Crippen molar-refractivity contribution in [3.8, 4) is 11.4 Å². The van der Waals surface area contributed by atoms with Crippen LogP contribution in [-0.4, -0.2) is 45.6 Å². The van der Waals surface area contributed by atoms with Crippen molar-refractivity contribution in [2.24, 2.45) is 0 Å². The van der Waals surface area contributed by atoms with Gasteiger partial charge in [-0.05, 0) is 6.92 Å². The molecule has 27 heavy (non-hydrogen) atoms. The maximum atomic E-state index is 12.2. The number of aryl methyl sites for hydroxylation is 1. The molecular formula is C19H20N6O2. The Balaban J connectivity index is 1.78. The molecule has 8 heteroatoms. The van der Waals surface area contributed by atoms with Crippen LogP contribution in [0.25, 0.3) is 11.4 Å². The highest BCUT2D eigenvalue weighted by Crippen LogP contribution is 2.16. The van der Waals surface area contributed by atoms with E-state index in [1.807, 2.05) is 30.3 Å². The molecule has 2 amide bonds. The number of carbonyl (C=O) groups excluding carboxylic acids is 2. The average Bonchev–Trinajstić information content (AvgIpc) is 3.14. The van der Waals surface area contributed by atoms with Gasteiger partial charge >= 0.3 is 0 Å². The number of benzene rings is 1. The molecule has 0 bridgehead atoms. The molecule has 0 fully saturated rings. The van der Waals surface area contributed by atoms with Crippen molar-refractivity contribution in [1.82, 2.24) is 30.8 Å². The summed E-state index contributed by atoms with van der Waals surface area (Å²) in [6.45, 7) is 2.11. The second-order valence-electron chi connectivity index (χ2n) is 5.91. The van der Waals surface area contributed by atoms with Gasteiger partial charge in [0.05, 0.1) is 23.0 Å². The van der Waals surface area contributed by atoms with Crippen molar-refractivity contribution < 1.29 is 9.59 Å². The quantitative estimate of drug-likeness (QED) is 0.614. The predicted octanol–water partition coefficient (Wildman–Crippen LogP) is 1.51. The summed E-state index contributed by atoms with van der Waals surface area (Å²) in [6, 6.07) is 9.53. The van der Waals surface area contributed by atoms with E-state index < -0.39 is 0 Å². The fraction of sp³-hybridized carbons (Fsp3) is 0.211. The largest absolute Gasteiger partial charge is 0.355 e. The first-order valence-electron chi connectivity index (χ1n) is 8.51. The molecule has 0 aliphatic carbocycles. The van der Waals surface area contributed by atoms with Crippen LogP contribution in [-0.2, 0) is 6.42 Å². The SMILES string of the molecule is CNC(=O)c1cnc(-c2ccccc2)nc1CCNC(=O)c1cn[nH]c1C. The van der Waals surface area contributed by atoms with E-state index in [1.54, 1.807) is 14.0 Å². The van der Waals surface area contributed by atoms with Crippen LogP contribution in [0.3, 0.4) is 0 Å². The Morgan fingerprint density at radius 3 is 2.52 bits per heavy atom. The summed E-state index contributed by atoms with van der Waals surface area (Å²) in [6.07, 6.45) is 3.40. The number of aromatic amines is 1. The Bertz CT molecular complexity index is 952. The van der Waals surface area contributed by atoms with Gasteiger partial charge in [-0.1, -0.05) is 30.3 Å². The highest BCUT2D eigenvalue weighted by Gasteiger charge is 2.15. The smallest absolute Gasteiger partial charge is 0.254 e. The Morgan fingerprint density at radius 2 is 1.85 bits per heavy atom. The molecule has 0 aliphatic heterocycles. The van der Waals surface area contributed by atoms with Gasteiger partial charge in [0, 0.05) is 37.5 Å². The normalized spacial score (nSPS) is 10.4. The molecule has 3 aromatic rings. The van der Waals surface area contributed by atoms with E-state index >= 15 is 0 Å². The van der Waals surface area contributed by atoms with Crippen LogP contribution in [0.1, 0.15) is 32.1 Å². The van der Waals surface area contributed by atoms with Crippen LogP contribution in [0.4, 0.5) is 0 Å². The molecule has 2 heterocycles. The highest BCUT2D eigenvalue weighted by molar-refractivity contribution is 5.95.